The summed E-state index contributed by atoms with van der Waals surface area (Å²) in [5, 5.41) is 3.59. The summed E-state index contributed by atoms with van der Waals surface area (Å²) >= 11 is 0. The fourth-order valence-electron chi connectivity index (χ4n) is 2.28. The van der Waals surface area contributed by atoms with Crippen LogP contribution in [0, 0.1) is 0 Å². The Morgan fingerprint density at radius 2 is 1.81 bits per heavy atom. The number of rotatable bonds is 4. The van der Waals surface area contributed by atoms with Gasteiger partial charge < -0.3 is 5.32 Å². The molecule has 2 nitrogen and oxygen atoms in total. The number of hydrogen-bond donors (Lipinski definition) is 1. The van der Waals surface area contributed by atoms with E-state index in [1.807, 2.05) is 24.3 Å². The van der Waals surface area contributed by atoms with E-state index in [0.717, 1.165) is 18.4 Å². The summed E-state index contributed by atoms with van der Waals surface area (Å²) in [7, 11) is 0. The minimum Gasteiger partial charge on any atom is -0.310 e. The molecule has 0 heterocycles. The molecule has 2 rings (SSSR count). The zero-order chi connectivity index (χ0) is 11.2. The van der Waals surface area contributed by atoms with Crippen molar-refractivity contribution in [2.45, 2.75) is 44.7 Å². The molecular formula is C14H19NO. The van der Waals surface area contributed by atoms with E-state index < -0.39 is 0 Å². The van der Waals surface area contributed by atoms with E-state index >= 15 is 0 Å². The first-order valence-electron chi connectivity index (χ1n) is 6.16. The predicted octanol–water partition coefficient (Wildman–Crippen LogP) is 2.92. The van der Waals surface area contributed by atoms with Gasteiger partial charge in [-0.1, -0.05) is 43.5 Å². The van der Waals surface area contributed by atoms with Gasteiger partial charge in [0.1, 0.15) is 6.29 Å². The van der Waals surface area contributed by atoms with Crippen LogP contribution in [0.1, 0.15) is 48.0 Å². The third-order valence-electron chi connectivity index (χ3n) is 3.32. The molecule has 1 aromatic carbocycles. The Bertz CT molecular complexity index is 325. The zero-order valence-electron chi connectivity index (χ0n) is 9.61. The first-order valence-corrected chi connectivity index (χ1v) is 6.16. The summed E-state index contributed by atoms with van der Waals surface area (Å²) in [6.45, 7) is 0.920. The van der Waals surface area contributed by atoms with Crippen molar-refractivity contribution in [1.82, 2.24) is 5.32 Å². The molecule has 0 amide bonds. The molecule has 1 fully saturated rings. The van der Waals surface area contributed by atoms with Gasteiger partial charge in [-0.2, -0.15) is 0 Å². The van der Waals surface area contributed by atoms with E-state index in [0.29, 0.717) is 6.04 Å². The van der Waals surface area contributed by atoms with Gasteiger partial charge in [0, 0.05) is 18.2 Å². The van der Waals surface area contributed by atoms with Gasteiger partial charge in [-0.15, -0.1) is 0 Å². The van der Waals surface area contributed by atoms with E-state index in [2.05, 4.69) is 5.32 Å². The highest BCUT2D eigenvalue weighted by atomic mass is 16.1. The van der Waals surface area contributed by atoms with Crippen molar-refractivity contribution < 1.29 is 4.79 Å². The maximum Gasteiger partial charge on any atom is 0.150 e. The van der Waals surface area contributed by atoms with Gasteiger partial charge in [0.25, 0.3) is 0 Å². The van der Waals surface area contributed by atoms with Gasteiger partial charge in [0.2, 0.25) is 0 Å². The van der Waals surface area contributed by atoms with Crippen LogP contribution >= 0.6 is 0 Å². The Labute approximate surface area is 97.1 Å². The van der Waals surface area contributed by atoms with Crippen LogP contribution in [0.4, 0.5) is 0 Å². The van der Waals surface area contributed by atoms with Crippen molar-refractivity contribution in [3.05, 3.63) is 35.4 Å². The van der Waals surface area contributed by atoms with Gasteiger partial charge >= 0.3 is 0 Å². The average molecular weight is 217 g/mol. The lowest BCUT2D eigenvalue weighted by Crippen LogP contribution is -2.30. The average Bonchev–Trinajstić information content (AvgIpc) is 2.38. The molecule has 0 unspecified atom stereocenters. The maximum atomic E-state index is 10.5. The number of carbonyl (C=O) groups is 1. The second kappa shape index (κ2) is 5.80. The van der Waals surface area contributed by atoms with Crippen LogP contribution in [-0.2, 0) is 6.54 Å². The molecule has 1 saturated carbocycles. The largest absolute Gasteiger partial charge is 0.310 e. The molecule has 0 bridgehead atoms. The smallest absolute Gasteiger partial charge is 0.150 e. The number of aldehydes is 1. The SMILES string of the molecule is O=Cc1ccc(CNC2CCCCC2)cc1. The summed E-state index contributed by atoms with van der Waals surface area (Å²) in [6.07, 6.45) is 7.63. The highest BCUT2D eigenvalue weighted by Crippen LogP contribution is 2.17. The van der Waals surface area contributed by atoms with Gasteiger partial charge in [-0.05, 0) is 18.4 Å². The van der Waals surface area contributed by atoms with Crippen LogP contribution in [0.5, 0.6) is 0 Å². The second-order valence-electron chi connectivity index (χ2n) is 4.58. The van der Waals surface area contributed by atoms with Crippen LogP contribution in [0.3, 0.4) is 0 Å². The highest BCUT2D eigenvalue weighted by molar-refractivity contribution is 5.74. The highest BCUT2D eigenvalue weighted by Gasteiger charge is 2.11. The summed E-state index contributed by atoms with van der Waals surface area (Å²) in [5.41, 5.74) is 2.01. The van der Waals surface area contributed by atoms with E-state index in [9.17, 15) is 4.79 Å². The van der Waals surface area contributed by atoms with Crippen molar-refractivity contribution in [1.29, 1.82) is 0 Å². The van der Waals surface area contributed by atoms with Gasteiger partial charge in [-0.3, -0.25) is 4.79 Å². The van der Waals surface area contributed by atoms with E-state index in [1.165, 1.54) is 37.7 Å². The Morgan fingerprint density at radius 3 is 2.44 bits per heavy atom. The Kier molecular flexibility index (Phi) is 4.11. The van der Waals surface area contributed by atoms with Crippen molar-refractivity contribution >= 4 is 6.29 Å². The quantitative estimate of drug-likeness (QED) is 0.786. The number of carbonyl (C=O) groups excluding carboxylic acids is 1. The first-order chi connectivity index (χ1) is 7.88. The molecule has 0 saturated heterocycles. The van der Waals surface area contributed by atoms with E-state index in [4.69, 9.17) is 0 Å². The standard InChI is InChI=1S/C14H19NO/c16-11-13-8-6-12(7-9-13)10-15-14-4-2-1-3-5-14/h6-9,11,14-15H,1-5,10H2. The summed E-state index contributed by atoms with van der Waals surface area (Å²) in [5.74, 6) is 0. The van der Waals surface area contributed by atoms with E-state index in [1.54, 1.807) is 0 Å². The minimum absolute atomic E-state index is 0.694. The third-order valence-corrected chi connectivity index (χ3v) is 3.32. The van der Waals surface area contributed by atoms with Crippen LogP contribution < -0.4 is 5.32 Å². The lowest BCUT2D eigenvalue weighted by atomic mass is 9.95. The summed E-state index contributed by atoms with van der Waals surface area (Å²) in [6, 6.07) is 8.51. The Hall–Kier alpha value is -1.15. The molecule has 1 aliphatic carbocycles. The summed E-state index contributed by atoms with van der Waals surface area (Å²) < 4.78 is 0. The zero-order valence-corrected chi connectivity index (χ0v) is 9.61. The van der Waals surface area contributed by atoms with Crippen molar-refractivity contribution in [2.75, 3.05) is 0 Å². The Balaban J connectivity index is 1.81. The van der Waals surface area contributed by atoms with Crippen LogP contribution in [0.25, 0.3) is 0 Å². The molecule has 16 heavy (non-hydrogen) atoms. The molecular weight excluding hydrogens is 198 g/mol. The first kappa shape index (κ1) is 11.3. The normalized spacial score (nSPS) is 17.2. The van der Waals surface area contributed by atoms with Crippen molar-refractivity contribution in [2.24, 2.45) is 0 Å². The van der Waals surface area contributed by atoms with Gasteiger partial charge in [-0.25, -0.2) is 0 Å². The number of hydrogen-bond acceptors (Lipinski definition) is 2. The van der Waals surface area contributed by atoms with E-state index in [-0.39, 0.29) is 0 Å². The van der Waals surface area contributed by atoms with Crippen LogP contribution in [-0.4, -0.2) is 12.3 Å². The minimum atomic E-state index is 0.694. The maximum absolute atomic E-state index is 10.5. The monoisotopic (exact) mass is 217 g/mol. The lowest BCUT2D eigenvalue weighted by molar-refractivity contribution is 0.112. The van der Waals surface area contributed by atoms with Gasteiger partial charge in [0.05, 0.1) is 0 Å². The second-order valence-corrected chi connectivity index (χ2v) is 4.58. The molecule has 0 spiro atoms. The third kappa shape index (κ3) is 3.17. The number of benzene rings is 1. The predicted molar refractivity (Wildman–Crippen MR) is 65.5 cm³/mol. The fraction of sp³-hybridized carbons (Fsp3) is 0.500. The van der Waals surface area contributed by atoms with Crippen LogP contribution in [0.15, 0.2) is 24.3 Å². The molecule has 1 aromatic rings. The fourth-order valence-corrected chi connectivity index (χ4v) is 2.28. The molecule has 1 aliphatic rings. The van der Waals surface area contributed by atoms with Crippen LogP contribution in [0.2, 0.25) is 0 Å². The topological polar surface area (TPSA) is 29.1 Å². The van der Waals surface area contributed by atoms with Crippen molar-refractivity contribution in [3.8, 4) is 0 Å². The van der Waals surface area contributed by atoms with Gasteiger partial charge in [0.15, 0.2) is 0 Å². The summed E-state index contributed by atoms with van der Waals surface area (Å²) in [4.78, 5) is 10.5. The molecule has 0 aliphatic heterocycles. The molecule has 1 N–H and O–H groups in total. The molecule has 2 heteroatoms. The molecule has 0 aromatic heterocycles. The number of nitrogens with one attached hydrogen (secondary N) is 1. The molecule has 0 atom stereocenters. The lowest BCUT2D eigenvalue weighted by Gasteiger charge is -2.22. The molecule has 86 valence electrons. The Morgan fingerprint density at radius 1 is 1.12 bits per heavy atom. The molecule has 0 radical (unpaired) electrons. The van der Waals surface area contributed by atoms with Crippen molar-refractivity contribution in [3.63, 3.8) is 0 Å².